The Morgan fingerprint density at radius 2 is 2.38 bits per heavy atom. The van der Waals surface area contributed by atoms with Crippen LogP contribution in [0.2, 0.25) is 0 Å². The minimum Gasteiger partial charge on any atom is -0.299 e. The maximum Gasteiger partial charge on any atom is 0.136 e. The number of Topliss-reactive ketones (excluding diaryl/α,β-unsaturated/α-hetero) is 1. The van der Waals surface area contributed by atoms with Gasteiger partial charge in [0.1, 0.15) is 5.78 Å². The summed E-state index contributed by atoms with van der Waals surface area (Å²) in [6, 6.07) is 0. The zero-order valence-electron chi connectivity index (χ0n) is 8.38. The molecule has 0 heterocycles. The Bertz CT molecular complexity index is 212. The van der Waals surface area contributed by atoms with Crippen molar-refractivity contribution >= 4 is 5.78 Å². The summed E-state index contributed by atoms with van der Waals surface area (Å²) in [7, 11) is 0. The van der Waals surface area contributed by atoms with Crippen molar-refractivity contribution in [2.75, 3.05) is 0 Å². The Kier molecular flexibility index (Phi) is 4.02. The molecule has 0 aromatic rings. The molecule has 0 N–H and O–H groups in total. The van der Waals surface area contributed by atoms with Crippen molar-refractivity contribution in [2.24, 2.45) is 11.8 Å². The third-order valence-corrected chi connectivity index (χ3v) is 3.09. The third kappa shape index (κ3) is 2.88. The highest BCUT2D eigenvalue weighted by molar-refractivity contribution is 5.81. The van der Waals surface area contributed by atoms with Crippen LogP contribution in [0.1, 0.15) is 45.4 Å². The largest absolute Gasteiger partial charge is 0.299 e. The van der Waals surface area contributed by atoms with Gasteiger partial charge in [0.2, 0.25) is 0 Å². The number of hydrogen-bond acceptors (Lipinski definition) is 1. The van der Waals surface area contributed by atoms with Crippen LogP contribution in [0.5, 0.6) is 0 Å². The van der Waals surface area contributed by atoms with Gasteiger partial charge in [-0.1, -0.05) is 13.3 Å². The molecule has 1 aliphatic rings. The molecular formula is C12H18O. The minimum atomic E-state index is 0.273. The molecule has 0 aromatic heterocycles. The SMILES string of the molecule is C#CCCC1CC(CC)CCC1=O. The van der Waals surface area contributed by atoms with Gasteiger partial charge in [0, 0.05) is 18.8 Å². The number of carbonyl (C=O) groups excluding carboxylic acids is 1. The molecule has 0 aromatic carbocycles. The Balaban J connectivity index is 2.41. The van der Waals surface area contributed by atoms with Crippen LogP contribution in [0.15, 0.2) is 0 Å². The zero-order chi connectivity index (χ0) is 9.68. The maximum absolute atomic E-state index is 11.5. The van der Waals surface area contributed by atoms with Crippen molar-refractivity contribution in [1.29, 1.82) is 0 Å². The molecule has 0 spiro atoms. The van der Waals surface area contributed by atoms with E-state index in [2.05, 4.69) is 12.8 Å². The van der Waals surface area contributed by atoms with Crippen LogP contribution in [0.25, 0.3) is 0 Å². The Hall–Kier alpha value is -0.770. The number of carbonyl (C=O) groups is 1. The second-order valence-corrected chi connectivity index (χ2v) is 3.95. The number of ketones is 1. The fraction of sp³-hybridized carbons (Fsp3) is 0.750. The summed E-state index contributed by atoms with van der Waals surface area (Å²) < 4.78 is 0. The van der Waals surface area contributed by atoms with E-state index in [-0.39, 0.29) is 5.92 Å². The molecule has 1 fully saturated rings. The van der Waals surface area contributed by atoms with Gasteiger partial charge in [0.05, 0.1) is 0 Å². The minimum absolute atomic E-state index is 0.273. The van der Waals surface area contributed by atoms with E-state index in [9.17, 15) is 4.79 Å². The maximum atomic E-state index is 11.5. The molecule has 2 unspecified atom stereocenters. The van der Waals surface area contributed by atoms with Crippen molar-refractivity contribution in [3.63, 3.8) is 0 Å². The fourth-order valence-electron chi connectivity index (χ4n) is 2.11. The molecule has 0 amide bonds. The molecule has 0 radical (unpaired) electrons. The highest BCUT2D eigenvalue weighted by Gasteiger charge is 2.26. The fourth-order valence-corrected chi connectivity index (χ4v) is 2.11. The predicted molar refractivity (Wildman–Crippen MR) is 54.2 cm³/mol. The van der Waals surface area contributed by atoms with Gasteiger partial charge in [-0.2, -0.15) is 0 Å². The molecule has 0 saturated heterocycles. The van der Waals surface area contributed by atoms with Gasteiger partial charge in [-0.15, -0.1) is 12.3 Å². The van der Waals surface area contributed by atoms with E-state index in [1.165, 1.54) is 6.42 Å². The molecular weight excluding hydrogens is 160 g/mol. The lowest BCUT2D eigenvalue weighted by molar-refractivity contribution is -0.125. The molecule has 13 heavy (non-hydrogen) atoms. The third-order valence-electron chi connectivity index (χ3n) is 3.09. The van der Waals surface area contributed by atoms with Crippen LogP contribution in [0.3, 0.4) is 0 Å². The summed E-state index contributed by atoms with van der Waals surface area (Å²) in [6.07, 6.45) is 11.0. The van der Waals surface area contributed by atoms with Crippen LogP contribution in [-0.2, 0) is 4.79 Å². The summed E-state index contributed by atoms with van der Waals surface area (Å²) in [5.74, 6) is 4.10. The average Bonchev–Trinajstić information content (AvgIpc) is 2.17. The lowest BCUT2D eigenvalue weighted by atomic mass is 9.77. The first-order valence-corrected chi connectivity index (χ1v) is 5.24. The van der Waals surface area contributed by atoms with Gasteiger partial charge in [0.25, 0.3) is 0 Å². The normalized spacial score (nSPS) is 28.5. The second-order valence-electron chi connectivity index (χ2n) is 3.95. The topological polar surface area (TPSA) is 17.1 Å². The van der Waals surface area contributed by atoms with Crippen molar-refractivity contribution in [3.05, 3.63) is 0 Å². The zero-order valence-corrected chi connectivity index (χ0v) is 8.38. The van der Waals surface area contributed by atoms with Gasteiger partial charge in [-0.05, 0) is 25.2 Å². The van der Waals surface area contributed by atoms with Crippen LogP contribution >= 0.6 is 0 Å². The van der Waals surface area contributed by atoms with E-state index >= 15 is 0 Å². The quantitative estimate of drug-likeness (QED) is 0.607. The molecule has 1 rings (SSSR count). The Labute approximate surface area is 80.9 Å². The number of hydrogen-bond donors (Lipinski definition) is 0. The van der Waals surface area contributed by atoms with Gasteiger partial charge < -0.3 is 0 Å². The van der Waals surface area contributed by atoms with Crippen molar-refractivity contribution in [1.82, 2.24) is 0 Å². The monoisotopic (exact) mass is 178 g/mol. The highest BCUT2D eigenvalue weighted by Crippen LogP contribution is 2.30. The van der Waals surface area contributed by atoms with E-state index in [1.807, 2.05) is 0 Å². The average molecular weight is 178 g/mol. The van der Waals surface area contributed by atoms with Crippen LogP contribution < -0.4 is 0 Å². The lowest BCUT2D eigenvalue weighted by Crippen LogP contribution is -2.24. The first-order valence-electron chi connectivity index (χ1n) is 5.24. The number of rotatable bonds is 3. The Morgan fingerprint density at radius 3 is 3.00 bits per heavy atom. The summed E-state index contributed by atoms with van der Waals surface area (Å²) in [5.41, 5.74) is 0. The summed E-state index contributed by atoms with van der Waals surface area (Å²) in [5, 5.41) is 0. The molecule has 1 nitrogen and oxygen atoms in total. The molecule has 1 aliphatic carbocycles. The molecule has 2 atom stereocenters. The van der Waals surface area contributed by atoms with Crippen LogP contribution in [-0.4, -0.2) is 5.78 Å². The van der Waals surface area contributed by atoms with E-state index in [1.54, 1.807) is 0 Å². The van der Waals surface area contributed by atoms with Crippen molar-refractivity contribution < 1.29 is 4.79 Å². The first kappa shape index (κ1) is 10.3. The molecule has 0 aliphatic heterocycles. The second kappa shape index (κ2) is 5.07. The van der Waals surface area contributed by atoms with Crippen LogP contribution in [0, 0.1) is 24.2 Å². The first-order chi connectivity index (χ1) is 6.27. The van der Waals surface area contributed by atoms with Gasteiger partial charge in [-0.3, -0.25) is 4.79 Å². The smallest absolute Gasteiger partial charge is 0.136 e. The van der Waals surface area contributed by atoms with E-state index < -0.39 is 0 Å². The van der Waals surface area contributed by atoms with Gasteiger partial charge in [0.15, 0.2) is 0 Å². The van der Waals surface area contributed by atoms with Crippen molar-refractivity contribution in [3.8, 4) is 12.3 Å². The number of terminal acetylenes is 1. The summed E-state index contributed by atoms with van der Waals surface area (Å²) in [4.78, 5) is 11.5. The lowest BCUT2D eigenvalue weighted by Gasteiger charge is -2.26. The summed E-state index contributed by atoms with van der Waals surface area (Å²) in [6.45, 7) is 2.21. The van der Waals surface area contributed by atoms with Gasteiger partial charge in [-0.25, -0.2) is 0 Å². The van der Waals surface area contributed by atoms with E-state index in [0.29, 0.717) is 5.78 Å². The molecule has 1 saturated carbocycles. The highest BCUT2D eigenvalue weighted by atomic mass is 16.1. The molecule has 72 valence electrons. The van der Waals surface area contributed by atoms with E-state index in [0.717, 1.165) is 38.0 Å². The summed E-state index contributed by atoms with van der Waals surface area (Å²) >= 11 is 0. The molecule has 1 heteroatoms. The Morgan fingerprint density at radius 1 is 1.62 bits per heavy atom. The standard InChI is InChI=1S/C12H18O/c1-3-5-6-11-9-10(4-2)7-8-12(11)13/h1,10-11H,4-9H2,2H3. The predicted octanol–water partition coefficient (Wildman–Crippen LogP) is 2.80. The van der Waals surface area contributed by atoms with Crippen LogP contribution in [0.4, 0.5) is 0 Å². The van der Waals surface area contributed by atoms with Crippen molar-refractivity contribution in [2.45, 2.75) is 45.4 Å². The molecule has 0 bridgehead atoms. The van der Waals surface area contributed by atoms with Gasteiger partial charge >= 0.3 is 0 Å². The van der Waals surface area contributed by atoms with E-state index in [4.69, 9.17) is 6.42 Å².